The van der Waals surface area contributed by atoms with Crippen molar-refractivity contribution in [3.05, 3.63) is 0 Å². The van der Waals surface area contributed by atoms with Crippen LogP contribution in [0.3, 0.4) is 0 Å². The van der Waals surface area contributed by atoms with Crippen molar-refractivity contribution >= 4 is 10.1 Å². The van der Waals surface area contributed by atoms with E-state index in [0.717, 1.165) is 0 Å². The fraction of sp³-hybridized carbons (Fsp3) is 1.00. The first kappa shape index (κ1) is 14.6. The van der Waals surface area contributed by atoms with E-state index < -0.39 is 28.4 Å². The van der Waals surface area contributed by atoms with Crippen molar-refractivity contribution in [2.24, 2.45) is 0 Å². The molecule has 0 aliphatic heterocycles. The van der Waals surface area contributed by atoms with Gasteiger partial charge in [0.1, 0.15) is 12.8 Å². The molecule has 1 atom stereocenters. The number of halogens is 4. The lowest BCUT2D eigenvalue weighted by Crippen LogP contribution is -2.31. The average Bonchev–Trinajstić information content (AvgIpc) is 2.10. The first-order valence-corrected chi connectivity index (χ1v) is 5.71. The van der Waals surface area contributed by atoms with Crippen LogP contribution in [0.2, 0.25) is 0 Å². The van der Waals surface area contributed by atoms with E-state index in [1.165, 1.54) is 0 Å². The van der Waals surface area contributed by atoms with Crippen molar-refractivity contribution in [2.45, 2.75) is 37.8 Å². The third-order valence-corrected chi connectivity index (χ3v) is 2.69. The second-order valence-electron chi connectivity index (χ2n) is 2.91. The monoisotopic (exact) mass is 252 g/mol. The maximum atomic E-state index is 12.1. The number of rotatable bonds is 6. The molecule has 0 aromatic carbocycles. The Morgan fingerprint density at radius 3 is 2.20 bits per heavy atom. The van der Waals surface area contributed by atoms with E-state index in [9.17, 15) is 26.0 Å². The Labute approximate surface area is 85.5 Å². The summed E-state index contributed by atoms with van der Waals surface area (Å²) >= 11 is 0. The molecule has 0 radical (unpaired) electrons. The number of alkyl halides is 4. The van der Waals surface area contributed by atoms with E-state index in [4.69, 9.17) is 0 Å². The summed E-state index contributed by atoms with van der Waals surface area (Å²) in [6, 6.07) is 0. The molecule has 0 fully saturated rings. The van der Waals surface area contributed by atoms with Crippen LogP contribution in [0.15, 0.2) is 0 Å². The zero-order valence-electron chi connectivity index (χ0n) is 8.05. The summed E-state index contributed by atoms with van der Waals surface area (Å²) in [5, 5.41) is 0. The Balaban J connectivity index is 4.42. The van der Waals surface area contributed by atoms with Crippen molar-refractivity contribution in [3.8, 4) is 0 Å². The molecule has 0 aliphatic carbocycles. The summed E-state index contributed by atoms with van der Waals surface area (Å²) in [5.41, 5.74) is -5.49. The fourth-order valence-electron chi connectivity index (χ4n) is 0.816. The van der Waals surface area contributed by atoms with Gasteiger partial charge < -0.3 is 0 Å². The summed E-state index contributed by atoms with van der Waals surface area (Å²) < 4.78 is 72.3. The average molecular weight is 252 g/mol. The van der Waals surface area contributed by atoms with E-state index in [2.05, 4.69) is 4.18 Å². The molecule has 0 saturated carbocycles. The molecule has 0 N–H and O–H groups in total. The molecule has 0 rings (SSSR count). The summed E-state index contributed by atoms with van der Waals surface area (Å²) in [5.74, 6) is 0. The summed E-state index contributed by atoms with van der Waals surface area (Å²) in [7, 11) is -5.68. The van der Waals surface area contributed by atoms with E-state index in [-0.39, 0.29) is 6.42 Å². The lowest BCUT2D eigenvalue weighted by atomic mass is 10.2. The summed E-state index contributed by atoms with van der Waals surface area (Å²) in [6.45, 7) is 0.489. The van der Waals surface area contributed by atoms with E-state index in [1.54, 1.807) is 6.92 Å². The molecule has 0 heterocycles. The van der Waals surface area contributed by atoms with Crippen LogP contribution >= 0.6 is 0 Å². The molecule has 0 saturated heterocycles. The maximum absolute atomic E-state index is 12.1. The van der Waals surface area contributed by atoms with Crippen molar-refractivity contribution in [2.75, 3.05) is 6.67 Å². The smallest absolute Gasteiger partial charge is 0.257 e. The lowest BCUT2D eigenvalue weighted by molar-refractivity contribution is -0.0583. The zero-order valence-corrected chi connectivity index (χ0v) is 8.87. The SMILES string of the molecule is CCCC[C@@H](CF)OS(=O)(=O)C(F)(F)F. The first-order chi connectivity index (χ1) is 6.74. The highest BCUT2D eigenvalue weighted by Gasteiger charge is 2.48. The minimum Gasteiger partial charge on any atom is -0.257 e. The molecular formula is C7H12F4O3S. The van der Waals surface area contributed by atoms with Crippen molar-refractivity contribution in [1.82, 2.24) is 0 Å². The van der Waals surface area contributed by atoms with Crippen LogP contribution in [0.4, 0.5) is 17.6 Å². The van der Waals surface area contributed by atoms with Gasteiger partial charge in [0, 0.05) is 0 Å². The molecule has 0 spiro atoms. The quantitative estimate of drug-likeness (QED) is 0.414. The Kier molecular flexibility index (Phi) is 5.50. The van der Waals surface area contributed by atoms with Crippen LogP contribution in [-0.2, 0) is 14.3 Å². The van der Waals surface area contributed by atoms with Crippen LogP contribution in [0.5, 0.6) is 0 Å². The normalized spacial score (nSPS) is 15.3. The predicted octanol–water partition coefficient (Wildman–Crippen LogP) is 2.38. The molecule has 8 heteroatoms. The van der Waals surface area contributed by atoms with Gasteiger partial charge in [0.2, 0.25) is 0 Å². The third kappa shape index (κ3) is 4.78. The second kappa shape index (κ2) is 5.64. The largest absolute Gasteiger partial charge is 0.523 e. The van der Waals surface area contributed by atoms with Crippen molar-refractivity contribution in [3.63, 3.8) is 0 Å². The Hall–Kier alpha value is -0.370. The van der Waals surface area contributed by atoms with Gasteiger partial charge in [-0.1, -0.05) is 19.8 Å². The van der Waals surface area contributed by atoms with E-state index >= 15 is 0 Å². The number of hydrogen-bond donors (Lipinski definition) is 0. The molecule has 0 aromatic rings. The van der Waals surface area contributed by atoms with E-state index in [0.29, 0.717) is 12.8 Å². The molecule has 0 amide bonds. The van der Waals surface area contributed by atoms with Crippen LogP contribution in [0.25, 0.3) is 0 Å². The van der Waals surface area contributed by atoms with Gasteiger partial charge in [-0.2, -0.15) is 21.6 Å². The van der Waals surface area contributed by atoms with Gasteiger partial charge in [-0.3, -0.25) is 4.18 Å². The van der Waals surface area contributed by atoms with Gasteiger partial charge >= 0.3 is 15.6 Å². The minimum absolute atomic E-state index is 0.0533. The van der Waals surface area contributed by atoms with Crippen LogP contribution < -0.4 is 0 Å². The highest BCUT2D eigenvalue weighted by atomic mass is 32.2. The molecular weight excluding hydrogens is 240 g/mol. The van der Waals surface area contributed by atoms with Gasteiger partial charge in [0.05, 0.1) is 0 Å². The third-order valence-electron chi connectivity index (χ3n) is 1.60. The fourth-order valence-corrected chi connectivity index (χ4v) is 1.43. The van der Waals surface area contributed by atoms with Gasteiger partial charge in [-0.25, -0.2) is 4.39 Å². The van der Waals surface area contributed by atoms with Crippen molar-refractivity contribution in [1.29, 1.82) is 0 Å². The number of hydrogen-bond acceptors (Lipinski definition) is 3. The first-order valence-electron chi connectivity index (χ1n) is 4.30. The van der Waals surface area contributed by atoms with Gasteiger partial charge in [-0.05, 0) is 6.42 Å². The zero-order chi connectivity index (χ0) is 12.1. The topological polar surface area (TPSA) is 43.4 Å². The molecule has 0 aliphatic rings. The summed E-state index contributed by atoms with van der Waals surface area (Å²) in [4.78, 5) is 0. The number of unbranched alkanes of at least 4 members (excludes halogenated alkanes) is 1. The highest BCUT2D eigenvalue weighted by Crippen LogP contribution is 2.26. The Morgan fingerprint density at radius 1 is 1.33 bits per heavy atom. The predicted molar refractivity (Wildman–Crippen MR) is 45.3 cm³/mol. The van der Waals surface area contributed by atoms with Gasteiger partial charge in [-0.15, -0.1) is 0 Å². The van der Waals surface area contributed by atoms with Crippen LogP contribution in [0, 0.1) is 0 Å². The highest BCUT2D eigenvalue weighted by molar-refractivity contribution is 7.87. The molecule has 3 nitrogen and oxygen atoms in total. The van der Waals surface area contributed by atoms with Gasteiger partial charge in [0.15, 0.2) is 0 Å². The van der Waals surface area contributed by atoms with Crippen LogP contribution in [0.1, 0.15) is 26.2 Å². The molecule has 92 valence electrons. The molecule has 0 bridgehead atoms. The molecule has 15 heavy (non-hydrogen) atoms. The summed E-state index contributed by atoms with van der Waals surface area (Å²) in [6.07, 6.45) is -0.576. The molecule has 0 aromatic heterocycles. The lowest BCUT2D eigenvalue weighted by Gasteiger charge is -2.15. The van der Waals surface area contributed by atoms with E-state index in [1.807, 2.05) is 0 Å². The minimum atomic E-state index is -5.68. The Morgan fingerprint density at radius 2 is 1.87 bits per heavy atom. The van der Waals surface area contributed by atoms with Gasteiger partial charge in [0.25, 0.3) is 0 Å². The standard InChI is InChI=1S/C7H12F4O3S/c1-2-3-4-6(5-8)14-15(12,13)7(9,10)11/h6H,2-5H2,1H3/t6-/m0/s1. The molecule has 0 unspecified atom stereocenters. The maximum Gasteiger partial charge on any atom is 0.523 e. The Bertz CT molecular complexity index is 272. The van der Waals surface area contributed by atoms with Crippen LogP contribution in [-0.4, -0.2) is 26.7 Å². The van der Waals surface area contributed by atoms with Crippen molar-refractivity contribution < 1.29 is 30.2 Å². The second-order valence-corrected chi connectivity index (χ2v) is 4.48.